The van der Waals surface area contributed by atoms with Gasteiger partial charge < -0.3 is 15.0 Å². The van der Waals surface area contributed by atoms with Gasteiger partial charge in [0.25, 0.3) is 15.9 Å². The SMILES string of the molecule is CN(c1ccc(C(=O)NCc2ccc(N3CCOCC3)cc2)cc1)S(=O)(=O)c1ccc(Cl)cc1. The van der Waals surface area contributed by atoms with Crippen molar-refractivity contribution in [2.45, 2.75) is 11.4 Å². The largest absolute Gasteiger partial charge is 0.378 e. The van der Waals surface area contributed by atoms with Crippen molar-refractivity contribution >= 4 is 38.9 Å². The number of hydrogen-bond acceptors (Lipinski definition) is 5. The van der Waals surface area contributed by atoms with E-state index in [0.29, 0.717) is 22.8 Å². The van der Waals surface area contributed by atoms with Crippen LogP contribution in [0.5, 0.6) is 0 Å². The third-order valence-electron chi connectivity index (χ3n) is 5.73. The second-order valence-electron chi connectivity index (χ2n) is 7.92. The Labute approximate surface area is 205 Å². The zero-order valence-corrected chi connectivity index (χ0v) is 20.3. The van der Waals surface area contributed by atoms with Crippen LogP contribution in [0, 0.1) is 0 Å². The number of morpholine rings is 1. The quantitative estimate of drug-likeness (QED) is 0.533. The van der Waals surface area contributed by atoms with E-state index in [1.807, 2.05) is 12.1 Å². The van der Waals surface area contributed by atoms with Gasteiger partial charge in [-0.1, -0.05) is 23.7 Å². The van der Waals surface area contributed by atoms with E-state index < -0.39 is 10.0 Å². The van der Waals surface area contributed by atoms with Crippen LogP contribution in [0.3, 0.4) is 0 Å². The third-order valence-corrected chi connectivity index (χ3v) is 7.78. The summed E-state index contributed by atoms with van der Waals surface area (Å²) >= 11 is 5.86. The molecule has 9 heteroatoms. The summed E-state index contributed by atoms with van der Waals surface area (Å²) in [7, 11) is -2.26. The van der Waals surface area contributed by atoms with E-state index in [0.717, 1.165) is 37.6 Å². The molecular weight excluding hydrogens is 474 g/mol. The van der Waals surface area contributed by atoms with Crippen LogP contribution in [0.15, 0.2) is 77.7 Å². The molecule has 1 aliphatic heterocycles. The minimum Gasteiger partial charge on any atom is -0.378 e. The second kappa shape index (κ2) is 10.5. The van der Waals surface area contributed by atoms with Crippen molar-refractivity contribution in [1.29, 1.82) is 0 Å². The number of halogens is 1. The van der Waals surface area contributed by atoms with Crippen molar-refractivity contribution in [3.63, 3.8) is 0 Å². The van der Waals surface area contributed by atoms with Gasteiger partial charge in [-0.15, -0.1) is 0 Å². The van der Waals surface area contributed by atoms with Crippen molar-refractivity contribution in [2.24, 2.45) is 0 Å². The number of anilines is 2. The molecule has 3 aromatic rings. The highest BCUT2D eigenvalue weighted by Crippen LogP contribution is 2.24. The number of carbonyl (C=O) groups is 1. The third kappa shape index (κ3) is 5.52. The van der Waals surface area contributed by atoms with Crippen LogP contribution in [0.2, 0.25) is 5.02 Å². The highest BCUT2D eigenvalue weighted by atomic mass is 35.5. The van der Waals surface area contributed by atoms with Crippen molar-refractivity contribution in [2.75, 3.05) is 42.6 Å². The Hall–Kier alpha value is -3.07. The number of nitrogens with zero attached hydrogens (tertiary/aromatic N) is 2. The number of nitrogens with one attached hydrogen (secondary N) is 1. The number of amides is 1. The van der Waals surface area contributed by atoms with E-state index in [2.05, 4.69) is 22.3 Å². The first kappa shape index (κ1) is 24.1. The molecule has 0 radical (unpaired) electrons. The molecule has 1 heterocycles. The fourth-order valence-corrected chi connectivity index (χ4v) is 4.98. The van der Waals surface area contributed by atoms with E-state index in [9.17, 15) is 13.2 Å². The van der Waals surface area contributed by atoms with Gasteiger partial charge in [-0.25, -0.2) is 8.42 Å². The van der Waals surface area contributed by atoms with Gasteiger partial charge in [0.05, 0.1) is 23.8 Å². The lowest BCUT2D eigenvalue weighted by atomic mass is 10.1. The van der Waals surface area contributed by atoms with E-state index in [-0.39, 0.29) is 10.8 Å². The first-order valence-electron chi connectivity index (χ1n) is 10.9. The van der Waals surface area contributed by atoms with Crippen molar-refractivity contribution in [3.05, 3.63) is 88.9 Å². The molecule has 0 aromatic heterocycles. The summed E-state index contributed by atoms with van der Waals surface area (Å²) in [6, 6.07) is 20.6. The maximum absolute atomic E-state index is 12.8. The molecule has 4 rings (SSSR count). The van der Waals surface area contributed by atoms with Gasteiger partial charge in [-0.3, -0.25) is 9.10 Å². The van der Waals surface area contributed by atoms with Crippen LogP contribution in [0.25, 0.3) is 0 Å². The lowest BCUT2D eigenvalue weighted by molar-refractivity contribution is 0.0951. The number of rotatable bonds is 7. The molecule has 1 aliphatic rings. The maximum Gasteiger partial charge on any atom is 0.264 e. The Morgan fingerprint density at radius 1 is 0.971 bits per heavy atom. The molecule has 0 saturated carbocycles. The summed E-state index contributed by atoms with van der Waals surface area (Å²) < 4.78 is 32.2. The maximum atomic E-state index is 12.8. The van der Waals surface area contributed by atoms with Crippen LogP contribution >= 0.6 is 11.6 Å². The van der Waals surface area contributed by atoms with Gasteiger partial charge in [-0.2, -0.15) is 0 Å². The summed E-state index contributed by atoms with van der Waals surface area (Å²) in [5.74, 6) is -0.230. The van der Waals surface area contributed by atoms with Gasteiger partial charge in [0, 0.05) is 43.0 Å². The molecule has 0 spiro atoms. The molecule has 1 N–H and O–H groups in total. The zero-order valence-electron chi connectivity index (χ0n) is 18.8. The fourth-order valence-electron chi connectivity index (χ4n) is 3.66. The van der Waals surface area contributed by atoms with Crippen LogP contribution in [0.4, 0.5) is 11.4 Å². The molecule has 0 unspecified atom stereocenters. The molecule has 0 aliphatic carbocycles. The molecule has 34 heavy (non-hydrogen) atoms. The molecule has 7 nitrogen and oxygen atoms in total. The van der Waals surface area contributed by atoms with E-state index in [1.165, 1.54) is 35.6 Å². The Kier molecular flexibility index (Phi) is 7.41. The molecule has 0 bridgehead atoms. The Balaban J connectivity index is 1.36. The van der Waals surface area contributed by atoms with Gasteiger partial charge >= 0.3 is 0 Å². The van der Waals surface area contributed by atoms with E-state index in [1.54, 1.807) is 24.3 Å². The predicted octanol–water partition coefficient (Wildman–Crippen LogP) is 3.93. The van der Waals surface area contributed by atoms with Gasteiger partial charge in [0.1, 0.15) is 0 Å². The van der Waals surface area contributed by atoms with Crippen LogP contribution in [-0.2, 0) is 21.3 Å². The van der Waals surface area contributed by atoms with Crippen molar-refractivity contribution < 1.29 is 17.9 Å². The number of sulfonamides is 1. The Morgan fingerprint density at radius 2 is 1.59 bits per heavy atom. The molecule has 178 valence electrons. The lowest BCUT2D eigenvalue weighted by Crippen LogP contribution is -2.36. The smallest absolute Gasteiger partial charge is 0.264 e. The first-order valence-corrected chi connectivity index (χ1v) is 12.7. The summed E-state index contributed by atoms with van der Waals surface area (Å²) in [6.07, 6.45) is 0. The van der Waals surface area contributed by atoms with Gasteiger partial charge in [0.2, 0.25) is 0 Å². The summed E-state index contributed by atoms with van der Waals surface area (Å²) in [6.45, 7) is 3.62. The number of benzene rings is 3. The lowest BCUT2D eigenvalue weighted by Gasteiger charge is -2.28. The number of ether oxygens (including phenoxy) is 1. The van der Waals surface area contributed by atoms with Crippen LogP contribution < -0.4 is 14.5 Å². The molecule has 3 aromatic carbocycles. The standard InChI is InChI=1S/C25H26ClN3O4S/c1-28(34(31,32)24-12-6-21(26)7-13-24)22-10-4-20(5-11-22)25(30)27-18-19-2-8-23(9-3-19)29-14-16-33-17-15-29/h2-13H,14-18H2,1H3,(H,27,30). The second-order valence-corrected chi connectivity index (χ2v) is 10.3. The Bertz CT molecular complexity index is 1220. The summed E-state index contributed by atoms with van der Waals surface area (Å²) in [4.78, 5) is 15.0. The monoisotopic (exact) mass is 499 g/mol. The predicted molar refractivity (Wildman–Crippen MR) is 134 cm³/mol. The van der Waals surface area contributed by atoms with Crippen molar-refractivity contribution in [3.8, 4) is 0 Å². The van der Waals surface area contributed by atoms with Crippen LogP contribution in [-0.4, -0.2) is 47.7 Å². The molecule has 1 amide bonds. The summed E-state index contributed by atoms with van der Waals surface area (Å²) in [5.41, 5.74) is 3.04. The first-order chi connectivity index (χ1) is 16.3. The average Bonchev–Trinajstić information content (AvgIpc) is 2.88. The molecule has 0 atom stereocenters. The molecule has 1 fully saturated rings. The normalized spacial score (nSPS) is 14.0. The highest BCUT2D eigenvalue weighted by molar-refractivity contribution is 7.92. The van der Waals surface area contributed by atoms with E-state index in [4.69, 9.17) is 16.3 Å². The fraction of sp³-hybridized carbons (Fsp3) is 0.240. The topological polar surface area (TPSA) is 79.0 Å². The number of hydrogen-bond donors (Lipinski definition) is 1. The van der Waals surface area contributed by atoms with Gasteiger partial charge in [-0.05, 0) is 66.2 Å². The van der Waals surface area contributed by atoms with Crippen LogP contribution in [0.1, 0.15) is 15.9 Å². The molecular formula is C25H26ClN3O4S. The minimum absolute atomic E-state index is 0.140. The average molecular weight is 500 g/mol. The number of carbonyl (C=O) groups excluding carboxylic acids is 1. The Morgan fingerprint density at radius 3 is 2.21 bits per heavy atom. The molecule has 1 saturated heterocycles. The van der Waals surface area contributed by atoms with E-state index >= 15 is 0 Å². The minimum atomic E-state index is -3.74. The summed E-state index contributed by atoms with van der Waals surface area (Å²) in [5, 5.41) is 3.37. The highest BCUT2D eigenvalue weighted by Gasteiger charge is 2.21. The van der Waals surface area contributed by atoms with Gasteiger partial charge in [0.15, 0.2) is 0 Å². The zero-order chi connectivity index (χ0) is 24.1. The van der Waals surface area contributed by atoms with Crippen molar-refractivity contribution in [1.82, 2.24) is 5.32 Å².